The lowest BCUT2D eigenvalue weighted by Gasteiger charge is -2.03. The molecule has 1 aromatic carbocycles. The van der Waals surface area contributed by atoms with E-state index in [0.29, 0.717) is 31.9 Å². The number of allylic oxidation sites excluding steroid dienone is 1. The quantitative estimate of drug-likeness (QED) is 0.273. The maximum Gasteiger partial charge on any atom is 0.434 e. The topological polar surface area (TPSA) is 127 Å². The molecular weight excluding hydrogens is 410 g/mol. The van der Waals surface area contributed by atoms with Crippen LogP contribution < -0.4 is 10.6 Å². The zero-order valence-electron chi connectivity index (χ0n) is 16.9. The van der Waals surface area contributed by atoms with Gasteiger partial charge in [-0.05, 0) is 38.5 Å². The van der Waals surface area contributed by atoms with E-state index in [1.165, 1.54) is 10.8 Å². The van der Waals surface area contributed by atoms with Gasteiger partial charge in [0, 0.05) is 10.6 Å². The summed E-state index contributed by atoms with van der Waals surface area (Å²) >= 11 is 0. The van der Waals surface area contributed by atoms with Gasteiger partial charge in [0.2, 0.25) is 0 Å². The number of aliphatic hydroxyl groups excluding tert-OH is 1. The SMILES string of the molecule is N#CC1=c2c(c3cccc4c(=NCCOCCn5ccnc5[N+](=O)[O-])ccc2=c34)C=C1O. The minimum absolute atomic E-state index is 0.00657. The Morgan fingerprint density at radius 1 is 1.22 bits per heavy atom. The van der Waals surface area contributed by atoms with Crippen molar-refractivity contribution in [3.63, 3.8) is 0 Å². The smallest absolute Gasteiger partial charge is 0.434 e. The lowest BCUT2D eigenvalue weighted by atomic mass is 10.1. The first-order chi connectivity index (χ1) is 15.6. The number of rotatable bonds is 7. The summed E-state index contributed by atoms with van der Waals surface area (Å²) in [6, 6.07) is 11.9. The predicted molar refractivity (Wildman–Crippen MR) is 115 cm³/mol. The minimum Gasteiger partial charge on any atom is -0.507 e. The molecule has 0 unspecified atom stereocenters. The number of aromatic nitrogens is 2. The fraction of sp³-hybridized carbons (Fsp3) is 0.174. The number of ether oxygens (including phenoxy) is 1. The minimum atomic E-state index is -0.524. The molecule has 0 saturated heterocycles. The molecule has 0 spiro atoms. The van der Waals surface area contributed by atoms with E-state index in [1.54, 1.807) is 12.3 Å². The molecule has 158 valence electrons. The van der Waals surface area contributed by atoms with Crippen molar-refractivity contribution in [2.45, 2.75) is 6.54 Å². The maximum atomic E-state index is 10.9. The highest BCUT2D eigenvalue weighted by Gasteiger charge is 2.20. The molecule has 9 nitrogen and oxygen atoms in total. The van der Waals surface area contributed by atoms with Gasteiger partial charge in [0.15, 0.2) is 0 Å². The van der Waals surface area contributed by atoms with Crippen LogP contribution in [0.3, 0.4) is 0 Å². The molecule has 5 rings (SSSR count). The van der Waals surface area contributed by atoms with Crippen molar-refractivity contribution < 1.29 is 14.8 Å². The van der Waals surface area contributed by atoms with Crippen LogP contribution in [0, 0.1) is 31.9 Å². The molecule has 0 fully saturated rings. The van der Waals surface area contributed by atoms with Crippen LogP contribution in [0.1, 0.15) is 5.56 Å². The molecule has 1 aromatic heterocycles. The van der Waals surface area contributed by atoms with Crippen LogP contribution in [0.4, 0.5) is 5.95 Å². The van der Waals surface area contributed by atoms with E-state index in [-0.39, 0.29) is 11.7 Å². The second kappa shape index (κ2) is 7.76. The predicted octanol–water partition coefficient (Wildman–Crippen LogP) is 2.03. The Morgan fingerprint density at radius 2 is 2.06 bits per heavy atom. The molecule has 1 heterocycles. The van der Waals surface area contributed by atoms with Crippen molar-refractivity contribution in [1.82, 2.24) is 9.55 Å². The van der Waals surface area contributed by atoms with E-state index in [0.717, 1.165) is 37.3 Å². The molecule has 0 radical (unpaired) electrons. The first-order valence-corrected chi connectivity index (χ1v) is 10.00. The lowest BCUT2D eigenvalue weighted by Crippen LogP contribution is -2.12. The Hall–Kier alpha value is -4.29. The van der Waals surface area contributed by atoms with Crippen molar-refractivity contribution in [3.05, 3.63) is 85.2 Å². The summed E-state index contributed by atoms with van der Waals surface area (Å²) in [6.07, 6.45) is 4.59. The monoisotopic (exact) mass is 427 g/mol. The molecule has 0 bridgehead atoms. The average Bonchev–Trinajstić information content (AvgIpc) is 3.46. The van der Waals surface area contributed by atoms with Crippen LogP contribution in [-0.2, 0) is 11.3 Å². The second-order valence-corrected chi connectivity index (χ2v) is 7.34. The van der Waals surface area contributed by atoms with Crippen LogP contribution >= 0.6 is 0 Å². The molecule has 1 N–H and O–H groups in total. The van der Waals surface area contributed by atoms with Gasteiger partial charge in [-0.2, -0.15) is 5.26 Å². The zero-order chi connectivity index (χ0) is 22.2. The lowest BCUT2D eigenvalue weighted by molar-refractivity contribution is -0.396. The highest BCUT2D eigenvalue weighted by Crippen LogP contribution is 2.26. The van der Waals surface area contributed by atoms with E-state index in [4.69, 9.17) is 4.74 Å². The number of hydrogen-bond acceptors (Lipinski definition) is 7. The Morgan fingerprint density at radius 3 is 2.88 bits per heavy atom. The van der Waals surface area contributed by atoms with Gasteiger partial charge in [-0.25, -0.2) is 4.57 Å². The van der Waals surface area contributed by atoms with Crippen LogP contribution in [-0.4, -0.2) is 39.3 Å². The third-order valence-corrected chi connectivity index (χ3v) is 5.60. The highest BCUT2D eigenvalue weighted by molar-refractivity contribution is 5.94. The summed E-state index contributed by atoms with van der Waals surface area (Å²) in [6.45, 7) is 1.47. The average molecular weight is 427 g/mol. The normalized spacial score (nSPS) is 13.7. The molecule has 0 amide bonds. The van der Waals surface area contributed by atoms with E-state index < -0.39 is 4.92 Å². The number of aliphatic hydroxyl groups is 1. The summed E-state index contributed by atoms with van der Waals surface area (Å²) in [4.78, 5) is 18.7. The third-order valence-electron chi connectivity index (χ3n) is 5.60. The summed E-state index contributed by atoms with van der Waals surface area (Å²) in [5, 5.41) is 36.0. The second-order valence-electron chi connectivity index (χ2n) is 7.34. The van der Waals surface area contributed by atoms with Gasteiger partial charge in [0.25, 0.3) is 0 Å². The molecule has 0 aliphatic heterocycles. The fourth-order valence-electron chi connectivity index (χ4n) is 4.25. The van der Waals surface area contributed by atoms with Gasteiger partial charge in [0.05, 0.1) is 31.7 Å². The Kier molecular flexibility index (Phi) is 4.77. The van der Waals surface area contributed by atoms with Crippen LogP contribution in [0.15, 0.2) is 53.5 Å². The number of hydrogen-bond donors (Lipinski definition) is 1. The van der Waals surface area contributed by atoms with Gasteiger partial charge >= 0.3 is 5.95 Å². The number of imidazole rings is 1. The van der Waals surface area contributed by atoms with Crippen molar-refractivity contribution in [1.29, 1.82) is 5.26 Å². The van der Waals surface area contributed by atoms with Crippen LogP contribution in [0.2, 0.25) is 0 Å². The summed E-state index contributed by atoms with van der Waals surface area (Å²) in [7, 11) is 0. The van der Waals surface area contributed by atoms with E-state index in [2.05, 4.69) is 16.0 Å². The fourth-order valence-corrected chi connectivity index (χ4v) is 4.25. The Bertz CT molecular complexity index is 1610. The number of fused-ring (bicyclic) bond motifs is 3. The summed E-state index contributed by atoms with van der Waals surface area (Å²) in [5.41, 5.74) is 1.17. The molecule has 3 aliphatic rings. The maximum absolute atomic E-state index is 10.9. The van der Waals surface area contributed by atoms with Gasteiger partial charge in [0.1, 0.15) is 29.8 Å². The third kappa shape index (κ3) is 3.05. The van der Waals surface area contributed by atoms with Gasteiger partial charge < -0.3 is 20.0 Å². The summed E-state index contributed by atoms with van der Waals surface area (Å²) < 4.78 is 7.02. The molecule has 9 heteroatoms. The molecule has 32 heavy (non-hydrogen) atoms. The van der Waals surface area contributed by atoms with E-state index in [9.17, 15) is 20.5 Å². The zero-order valence-corrected chi connectivity index (χ0v) is 16.9. The highest BCUT2D eigenvalue weighted by atomic mass is 16.6. The van der Waals surface area contributed by atoms with Crippen molar-refractivity contribution in [2.24, 2.45) is 4.99 Å². The first-order valence-electron chi connectivity index (χ1n) is 10.00. The van der Waals surface area contributed by atoms with Gasteiger partial charge in [-0.1, -0.05) is 29.2 Å². The van der Waals surface area contributed by atoms with Crippen molar-refractivity contribution >= 4 is 28.4 Å². The van der Waals surface area contributed by atoms with Crippen LogP contribution in [0.5, 0.6) is 0 Å². The number of nitro groups is 1. The van der Waals surface area contributed by atoms with E-state index >= 15 is 0 Å². The summed E-state index contributed by atoms with van der Waals surface area (Å²) in [5.74, 6) is -0.196. The molecule has 3 aliphatic carbocycles. The molecule has 0 saturated carbocycles. The Balaban J connectivity index is 1.37. The van der Waals surface area contributed by atoms with Gasteiger partial charge in [-0.15, -0.1) is 0 Å². The number of nitrogens with zero attached hydrogens (tertiary/aromatic N) is 5. The molecule has 0 atom stereocenters. The first kappa shape index (κ1) is 19.7. The van der Waals surface area contributed by atoms with Crippen molar-refractivity contribution in [2.75, 3.05) is 19.8 Å². The number of nitriles is 1. The molecular formula is C23H17N5O4. The largest absolute Gasteiger partial charge is 0.507 e. The Labute approximate surface area is 181 Å². The van der Waals surface area contributed by atoms with E-state index in [1.807, 2.05) is 30.3 Å². The molecule has 2 aromatic rings. The van der Waals surface area contributed by atoms with Gasteiger partial charge in [-0.3, -0.25) is 4.99 Å². The standard InChI is InChI=1S/C23H17N5O4/c24-13-18-20(29)12-17-14-2-1-3-15-19(5-4-16(21(14)15)22(17)18)25-7-10-32-11-9-27-8-6-26-23(27)28(30)31/h1-6,8,12,29H,7,9-11H2. The van der Waals surface area contributed by atoms with Crippen LogP contribution in [0.25, 0.3) is 22.4 Å². The van der Waals surface area contributed by atoms with Crippen molar-refractivity contribution in [3.8, 4) is 6.07 Å². The number of benzene rings is 1.